The molecule has 0 unspecified atom stereocenters. The number of aromatic hydroxyl groups is 1. The van der Waals surface area contributed by atoms with Gasteiger partial charge in [0.15, 0.2) is 22.2 Å². The highest BCUT2D eigenvalue weighted by atomic mass is 32.1. The molecule has 0 spiro atoms. The van der Waals surface area contributed by atoms with Gasteiger partial charge in [0, 0.05) is 0 Å². The van der Waals surface area contributed by atoms with Crippen molar-refractivity contribution in [2.45, 2.75) is 6.92 Å². The Balaban J connectivity index is 1.97. The largest absolute Gasteiger partial charge is 0.493 e. The van der Waals surface area contributed by atoms with Gasteiger partial charge in [0.05, 0.1) is 16.6 Å². The van der Waals surface area contributed by atoms with Crippen LogP contribution in [0.5, 0.6) is 5.88 Å². The second-order valence-electron chi connectivity index (χ2n) is 5.01. The van der Waals surface area contributed by atoms with Crippen LogP contribution in [0.3, 0.4) is 0 Å². The maximum Gasteiger partial charge on any atom is 0.222 e. The number of nitrogen functional groups attached to an aromatic ring is 1. The first-order valence-electron chi connectivity index (χ1n) is 6.87. The highest BCUT2D eigenvalue weighted by Crippen LogP contribution is 2.32. The molecule has 0 radical (unpaired) electrons. The molecule has 23 heavy (non-hydrogen) atoms. The third kappa shape index (κ3) is 2.11. The van der Waals surface area contributed by atoms with Gasteiger partial charge in [0.2, 0.25) is 5.88 Å². The van der Waals surface area contributed by atoms with Crippen LogP contribution in [0, 0.1) is 6.92 Å². The van der Waals surface area contributed by atoms with Crippen LogP contribution in [0.25, 0.3) is 27.5 Å². The van der Waals surface area contributed by atoms with E-state index < -0.39 is 0 Å². The summed E-state index contributed by atoms with van der Waals surface area (Å²) in [7, 11) is 0. The van der Waals surface area contributed by atoms with Crippen LogP contribution in [0.4, 0.5) is 5.82 Å². The lowest BCUT2D eigenvalue weighted by Crippen LogP contribution is -2.05. The van der Waals surface area contributed by atoms with Gasteiger partial charge in [-0.15, -0.1) is 21.5 Å². The summed E-state index contributed by atoms with van der Waals surface area (Å²) in [6.45, 7) is 1.91. The smallest absolute Gasteiger partial charge is 0.222 e. The van der Waals surface area contributed by atoms with Crippen molar-refractivity contribution in [3.8, 4) is 27.7 Å². The van der Waals surface area contributed by atoms with Crippen molar-refractivity contribution in [3.63, 3.8) is 0 Å². The minimum Gasteiger partial charge on any atom is -0.493 e. The van der Waals surface area contributed by atoms with Crippen LogP contribution < -0.4 is 5.73 Å². The molecule has 1 aromatic carbocycles. The zero-order valence-electron chi connectivity index (χ0n) is 12.1. The van der Waals surface area contributed by atoms with E-state index in [1.165, 1.54) is 16.7 Å². The molecular weight excluding hydrogens is 312 g/mol. The minimum absolute atomic E-state index is 0.0621. The van der Waals surface area contributed by atoms with Gasteiger partial charge < -0.3 is 10.8 Å². The number of hydrogen-bond donors (Lipinski definition) is 2. The molecule has 0 aliphatic heterocycles. The first-order valence-corrected chi connectivity index (χ1v) is 7.75. The summed E-state index contributed by atoms with van der Waals surface area (Å²) in [4.78, 5) is 3.99. The highest BCUT2D eigenvalue weighted by Gasteiger charge is 2.19. The lowest BCUT2D eigenvalue weighted by molar-refractivity contribution is 0.458. The summed E-state index contributed by atoms with van der Waals surface area (Å²) in [6.07, 6.45) is 0. The van der Waals surface area contributed by atoms with Gasteiger partial charge in [0.1, 0.15) is 0 Å². The van der Waals surface area contributed by atoms with Gasteiger partial charge >= 0.3 is 0 Å². The van der Waals surface area contributed by atoms with Crippen molar-refractivity contribution in [3.05, 3.63) is 41.4 Å². The lowest BCUT2D eigenvalue weighted by atomic mass is 10.1. The zero-order valence-corrected chi connectivity index (χ0v) is 12.9. The molecule has 0 amide bonds. The van der Waals surface area contributed by atoms with Gasteiger partial charge in [-0.1, -0.05) is 30.3 Å². The fraction of sp³-hybridized carbons (Fsp3) is 0.0667. The van der Waals surface area contributed by atoms with Crippen molar-refractivity contribution in [2.24, 2.45) is 0 Å². The average molecular weight is 324 g/mol. The highest BCUT2D eigenvalue weighted by molar-refractivity contribution is 7.13. The van der Waals surface area contributed by atoms with E-state index in [-0.39, 0.29) is 5.88 Å². The third-order valence-electron chi connectivity index (χ3n) is 3.51. The number of benzene rings is 1. The van der Waals surface area contributed by atoms with Gasteiger partial charge in [-0.25, -0.2) is 0 Å². The van der Waals surface area contributed by atoms with Crippen molar-refractivity contribution in [2.75, 3.05) is 5.73 Å². The van der Waals surface area contributed by atoms with Crippen LogP contribution in [-0.4, -0.2) is 29.9 Å². The van der Waals surface area contributed by atoms with Gasteiger partial charge in [0.25, 0.3) is 0 Å². The molecule has 0 aliphatic rings. The molecule has 3 N–H and O–H groups in total. The number of rotatable bonds is 2. The van der Waals surface area contributed by atoms with E-state index in [1.54, 1.807) is 4.52 Å². The summed E-state index contributed by atoms with van der Waals surface area (Å²) >= 11 is 1.25. The molecule has 0 saturated heterocycles. The van der Waals surface area contributed by atoms with Crippen molar-refractivity contribution in [1.82, 2.24) is 24.8 Å². The Bertz CT molecular complexity index is 1010. The van der Waals surface area contributed by atoms with E-state index in [9.17, 15) is 5.11 Å². The Labute approximate surface area is 135 Å². The molecule has 3 aromatic heterocycles. The number of aromatic nitrogens is 5. The summed E-state index contributed by atoms with van der Waals surface area (Å²) in [5.74, 6) is 0.280. The first kappa shape index (κ1) is 13.6. The quantitative estimate of drug-likeness (QED) is 0.587. The number of hydrogen-bond acceptors (Lipinski definition) is 7. The van der Waals surface area contributed by atoms with E-state index in [1.807, 2.05) is 37.3 Å². The second kappa shape index (κ2) is 5.03. The van der Waals surface area contributed by atoms with Gasteiger partial charge in [-0.05, 0) is 12.5 Å². The number of thiazole rings is 1. The Hall–Kier alpha value is -3.00. The molecule has 4 rings (SSSR count). The number of nitrogens with two attached hydrogens (primary N) is 1. The van der Waals surface area contributed by atoms with Crippen molar-refractivity contribution in [1.29, 1.82) is 0 Å². The number of aryl methyl sites for hydroxylation is 1. The third-order valence-corrected chi connectivity index (χ3v) is 4.35. The summed E-state index contributed by atoms with van der Waals surface area (Å²) in [5, 5.41) is 24.4. The van der Waals surface area contributed by atoms with Crippen molar-refractivity contribution < 1.29 is 5.11 Å². The topological polar surface area (TPSA) is 102 Å². The maximum atomic E-state index is 9.40. The first-order chi connectivity index (χ1) is 11.1. The monoisotopic (exact) mass is 324 g/mol. The molecule has 8 heteroatoms. The van der Waals surface area contributed by atoms with E-state index in [0.29, 0.717) is 22.2 Å². The molecule has 3 heterocycles. The fourth-order valence-corrected chi connectivity index (χ4v) is 3.17. The molecule has 0 aliphatic carbocycles. The molecular formula is C15H12N6OS. The van der Waals surface area contributed by atoms with E-state index in [4.69, 9.17) is 5.73 Å². The number of fused-ring (bicyclic) bond motifs is 1. The molecule has 0 saturated carbocycles. The lowest BCUT2D eigenvalue weighted by Gasteiger charge is -2.03. The Morgan fingerprint density at radius 2 is 1.96 bits per heavy atom. The molecule has 114 valence electrons. The van der Waals surface area contributed by atoms with Gasteiger partial charge in [-0.2, -0.15) is 14.6 Å². The Kier molecular flexibility index (Phi) is 2.98. The molecule has 0 bridgehead atoms. The van der Waals surface area contributed by atoms with Crippen LogP contribution in [0.15, 0.2) is 35.7 Å². The van der Waals surface area contributed by atoms with Crippen LogP contribution in [-0.2, 0) is 0 Å². The average Bonchev–Trinajstić information content (AvgIpc) is 3.12. The van der Waals surface area contributed by atoms with Crippen molar-refractivity contribution >= 4 is 22.8 Å². The van der Waals surface area contributed by atoms with E-state index in [2.05, 4.69) is 20.3 Å². The van der Waals surface area contributed by atoms with E-state index >= 15 is 0 Å². The standard InChI is InChI=1S/C15H12N6OS/c1-8-11(9-5-3-2-4-6-9)14-19-18-12(13(16)21(14)20-8)15-17-10(22)7-23-15/h2-7,22H,16H2,1H3. The molecule has 0 fully saturated rings. The van der Waals surface area contributed by atoms with Gasteiger partial charge in [-0.3, -0.25) is 0 Å². The fourth-order valence-electron chi connectivity index (χ4n) is 2.49. The summed E-state index contributed by atoms with van der Waals surface area (Å²) in [5.41, 5.74) is 9.93. The number of anilines is 1. The molecule has 0 atom stereocenters. The molecule has 7 nitrogen and oxygen atoms in total. The van der Waals surface area contributed by atoms with Crippen LogP contribution in [0.2, 0.25) is 0 Å². The van der Waals surface area contributed by atoms with Crippen LogP contribution >= 0.6 is 11.3 Å². The zero-order chi connectivity index (χ0) is 16.0. The normalized spacial score (nSPS) is 11.2. The number of nitrogens with zero attached hydrogens (tertiary/aromatic N) is 5. The summed E-state index contributed by atoms with van der Waals surface area (Å²) in [6, 6.07) is 9.87. The Morgan fingerprint density at radius 1 is 1.17 bits per heavy atom. The maximum absolute atomic E-state index is 9.40. The second-order valence-corrected chi connectivity index (χ2v) is 5.86. The van der Waals surface area contributed by atoms with Crippen LogP contribution in [0.1, 0.15) is 5.69 Å². The molecule has 4 aromatic rings. The summed E-state index contributed by atoms with van der Waals surface area (Å²) < 4.78 is 1.57. The van der Waals surface area contributed by atoms with E-state index in [0.717, 1.165) is 16.8 Å². The predicted molar refractivity (Wildman–Crippen MR) is 88.1 cm³/mol. The minimum atomic E-state index is -0.0621. The Morgan fingerprint density at radius 3 is 2.65 bits per heavy atom. The predicted octanol–water partition coefficient (Wildman–Crippen LogP) is 2.51. The SMILES string of the molecule is Cc1nn2c(N)c(-c3nc(O)cs3)nnc2c1-c1ccccc1.